The molecule has 0 bridgehead atoms. The molecule has 1 N–H and O–H groups in total. The molecule has 1 aromatic carbocycles. The first kappa shape index (κ1) is 19.6. The van der Waals surface area contributed by atoms with Crippen LogP contribution in [0.3, 0.4) is 0 Å². The second-order valence-corrected chi connectivity index (χ2v) is 8.99. The number of nitrogens with zero attached hydrogens (tertiary/aromatic N) is 3. The predicted octanol–water partition coefficient (Wildman–Crippen LogP) is 2.61. The van der Waals surface area contributed by atoms with Gasteiger partial charge in [-0.15, -0.1) is 0 Å². The molecule has 1 fully saturated rings. The first-order valence-corrected chi connectivity index (χ1v) is 10.9. The molecule has 0 atom stereocenters. The minimum absolute atomic E-state index is 0.174. The Hall–Kier alpha value is -2.19. The van der Waals surface area contributed by atoms with Gasteiger partial charge < -0.3 is 4.90 Å². The normalized spacial score (nSPS) is 16.4. The van der Waals surface area contributed by atoms with Crippen LogP contribution in [-0.4, -0.2) is 54.7 Å². The number of amides is 1. The molecule has 27 heavy (non-hydrogen) atoms. The number of carbonyl (C=O) groups excluding carboxylic acids is 1. The van der Waals surface area contributed by atoms with Crippen molar-refractivity contribution in [1.82, 2.24) is 14.5 Å². The number of rotatable bonds is 6. The third-order valence-corrected chi connectivity index (χ3v) is 7.09. The molecule has 1 amide bonds. The summed E-state index contributed by atoms with van der Waals surface area (Å²) in [5.74, 6) is 0.215. The highest BCUT2D eigenvalue weighted by Crippen LogP contribution is 2.29. The predicted molar refractivity (Wildman–Crippen MR) is 105 cm³/mol. The lowest BCUT2D eigenvalue weighted by atomic mass is 9.94. The van der Waals surface area contributed by atoms with Gasteiger partial charge in [-0.2, -0.15) is 5.10 Å². The van der Waals surface area contributed by atoms with Crippen LogP contribution in [0.25, 0.3) is 0 Å². The molecule has 0 unspecified atom stereocenters. The Morgan fingerprint density at radius 1 is 1.26 bits per heavy atom. The molecule has 1 aromatic heterocycles. The Bertz CT molecular complexity index is 871. The molecule has 0 saturated carbocycles. The van der Waals surface area contributed by atoms with Crippen LogP contribution >= 0.6 is 0 Å². The van der Waals surface area contributed by atoms with E-state index in [1.165, 1.54) is 0 Å². The number of piperidine rings is 1. The van der Waals surface area contributed by atoms with E-state index in [0.717, 1.165) is 24.2 Å². The van der Waals surface area contributed by atoms with Crippen molar-refractivity contribution in [2.45, 2.75) is 32.1 Å². The number of carbonyl (C=O) groups is 1. The SMILES string of the molecule is CCCS(=O)(=O)N1CCC(c2cc(C(=O)N(C)c3ccccc3)n[nH]2)CC1. The Kier molecular flexibility index (Phi) is 5.96. The molecule has 8 heteroatoms. The topological polar surface area (TPSA) is 86.4 Å². The zero-order chi connectivity index (χ0) is 19.4. The molecule has 146 valence electrons. The zero-order valence-corrected chi connectivity index (χ0v) is 16.6. The molecule has 1 saturated heterocycles. The van der Waals surface area contributed by atoms with Crippen LogP contribution in [0.1, 0.15) is 48.3 Å². The molecule has 7 nitrogen and oxygen atoms in total. The largest absolute Gasteiger partial charge is 0.310 e. The fourth-order valence-corrected chi connectivity index (χ4v) is 4.97. The van der Waals surface area contributed by atoms with Crippen molar-refractivity contribution in [3.05, 3.63) is 47.8 Å². The van der Waals surface area contributed by atoms with Crippen molar-refractivity contribution in [3.63, 3.8) is 0 Å². The van der Waals surface area contributed by atoms with Crippen LogP contribution in [0.15, 0.2) is 36.4 Å². The fraction of sp³-hybridized carbons (Fsp3) is 0.474. The summed E-state index contributed by atoms with van der Waals surface area (Å²) < 4.78 is 26.0. The molecule has 2 heterocycles. The molecule has 0 radical (unpaired) electrons. The summed E-state index contributed by atoms with van der Waals surface area (Å²) in [5.41, 5.74) is 2.08. The van der Waals surface area contributed by atoms with Crippen molar-refractivity contribution < 1.29 is 13.2 Å². The Labute approximate surface area is 160 Å². The average molecular weight is 391 g/mol. The molecular weight excluding hydrogens is 364 g/mol. The van der Waals surface area contributed by atoms with Crippen molar-refractivity contribution >= 4 is 21.6 Å². The summed E-state index contributed by atoms with van der Waals surface area (Å²) in [6, 6.07) is 11.2. The van der Waals surface area contributed by atoms with Gasteiger partial charge in [0.15, 0.2) is 5.69 Å². The van der Waals surface area contributed by atoms with Crippen LogP contribution in [-0.2, 0) is 10.0 Å². The number of H-pyrrole nitrogens is 1. The lowest BCUT2D eigenvalue weighted by Gasteiger charge is -2.30. The number of sulfonamides is 1. The minimum atomic E-state index is -3.14. The van der Waals surface area contributed by atoms with Crippen LogP contribution in [0.4, 0.5) is 5.69 Å². The van der Waals surface area contributed by atoms with Gasteiger partial charge in [0.1, 0.15) is 0 Å². The lowest BCUT2D eigenvalue weighted by molar-refractivity contribution is 0.0988. The maximum Gasteiger partial charge on any atom is 0.278 e. The van der Waals surface area contributed by atoms with Gasteiger partial charge in [0.2, 0.25) is 10.0 Å². The second kappa shape index (κ2) is 8.22. The van der Waals surface area contributed by atoms with Crippen molar-refractivity contribution in [2.75, 3.05) is 30.8 Å². The van der Waals surface area contributed by atoms with E-state index in [2.05, 4.69) is 10.2 Å². The Morgan fingerprint density at radius 2 is 1.93 bits per heavy atom. The first-order chi connectivity index (χ1) is 12.9. The summed E-state index contributed by atoms with van der Waals surface area (Å²) in [5, 5.41) is 7.16. The van der Waals surface area contributed by atoms with Gasteiger partial charge >= 0.3 is 0 Å². The van der Waals surface area contributed by atoms with E-state index in [4.69, 9.17) is 0 Å². The van der Waals surface area contributed by atoms with Gasteiger partial charge in [-0.3, -0.25) is 9.89 Å². The van der Waals surface area contributed by atoms with E-state index < -0.39 is 10.0 Å². The Morgan fingerprint density at radius 3 is 2.56 bits per heavy atom. The summed E-state index contributed by atoms with van der Waals surface area (Å²) in [6.07, 6.45) is 2.09. The fourth-order valence-electron chi connectivity index (χ4n) is 3.43. The number of hydrogen-bond acceptors (Lipinski definition) is 4. The van der Waals surface area contributed by atoms with E-state index in [0.29, 0.717) is 25.2 Å². The summed E-state index contributed by atoms with van der Waals surface area (Å²) in [7, 11) is -1.42. The highest BCUT2D eigenvalue weighted by Gasteiger charge is 2.29. The van der Waals surface area contributed by atoms with Gasteiger partial charge in [-0.25, -0.2) is 12.7 Å². The molecule has 0 aliphatic carbocycles. The first-order valence-electron chi connectivity index (χ1n) is 9.28. The number of aromatic nitrogens is 2. The van der Waals surface area contributed by atoms with E-state index >= 15 is 0 Å². The smallest absolute Gasteiger partial charge is 0.278 e. The summed E-state index contributed by atoms with van der Waals surface area (Å²) in [6.45, 7) is 2.90. The van der Waals surface area contributed by atoms with E-state index in [1.54, 1.807) is 22.3 Å². The molecule has 0 spiro atoms. The third kappa shape index (κ3) is 4.39. The second-order valence-electron chi connectivity index (χ2n) is 6.90. The maximum atomic E-state index is 12.7. The van der Waals surface area contributed by atoms with Crippen LogP contribution in [0.5, 0.6) is 0 Å². The minimum Gasteiger partial charge on any atom is -0.310 e. The number of aromatic amines is 1. The summed E-state index contributed by atoms with van der Waals surface area (Å²) >= 11 is 0. The number of para-hydroxylation sites is 1. The van der Waals surface area contributed by atoms with E-state index in [9.17, 15) is 13.2 Å². The molecule has 3 rings (SSSR count). The van der Waals surface area contributed by atoms with Crippen molar-refractivity contribution in [1.29, 1.82) is 0 Å². The highest BCUT2D eigenvalue weighted by molar-refractivity contribution is 7.89. The molecule has 1 aliphatic rings. The van der Waals surface area contributed by atoms with Crippen molar-refractivity contribution in [2.24, 2.45) is 0 Å². The molecule has 1 aliphatic heterocycles. The van der Waals surface area contributed by atoms with Crippen LogP contribution in [0, 0.1) is 0 Å². The van der Waals surface area contributed by atoms with E-state index in [-0.39, 0.29) is 17.6 Å². The van der Waals surface area contributed by atoms with Crippen molar-refractivity contribution in [3.8, 4) is 0 Å². The Balaban J connectivity index is 1.64. The number of hydrogen-bond donors (Lipinski definition) is 1. The monoisotopic (exact) mass is 390 g/mol. The maximum absolute atomic E-state index is 12.7. The third-order valence-electron chi connectivity index (χ3n) is 5.01. The van der Waals surface area contributed by atoms with Gasteiger partial charge in [-0.05, 0) is 37.5 Å². The van der Waals surface area contributed by atoms with Gasteiger partial charge in [0.05, 0.1) is 5.75 Å². The lowest BCUT2D eigenvalue weighted by Crippen LogP contribution is -2.39. The van der Waals surface area contributed by atoms with Crippen LogP contribution < -0.4 is 4.90 Å². The molecule has 2 aromatic rings. The molecular formula is C19H26N4O3S. The van der Waals surface area contributed by atoms with Gasteiger partial charge in [0, 0.05) is 37.4 Å². The van der Waals surface area contributed by atoms with Crippen LogP contribution in [0.2, 0.25) is 0 Å². The number of anilines is 1. The number of nitrogens with one attached hydrogen (secondary N) is 1. The van der Waals surface area contributed by atoms with E-state index in [1.807, 2.05) is 37.3 Å². The summed E-state index contributed by atoms with van der Waals surface area (Å²) in [4.78, 5) is 14.2. The standard InChI is InChI=1S/C19H26N4O3S/c1-3-13-27(25,26)23-11-9-15(10-12-23)17-14-18(21-20-17)19(24)22(2)16-7-5-4-6-8-16/h4-8,14-15H,3,9-13H2,1-2H3,(H,20,21). The van der Waals surface area contributed by atoms with Gasteiger partial charge in [-0.1, -0.05) is 25.1 Å². The average Bonchev–Trinajstić information content (AvgIpc) is 3.18. The quantitative estimate of drug-likeness (QED) is 0.821. The highest BCUT2D eigenvalue weighted by atomic mass is 32.2. The number of benzene rings is 1. The zero-order valence-electron chi connectivity index (χ0n) is 15.8. The van der Waals surface area contributed by atoms with Gasteiger partial charge in [0.25, 0.3) is 5.91 Å².